The van der Waals surface area contributed by atoms with Crippen molar-refractivity contribution in [2.24, 2.45) is 5.92 Å². The van der Waals surface area contributed by atoms with E-state index in [2.05, 4.69) is 15.3 Å². The molecule has 2 N–H and O–H groups in total. The highest BCUT2D eigenvalue weighted by Gasteiger charge is 2.46. The van der Waals surface area contributed by atoms with E-state index in [1.54, 1.807) is 19.3 Å². The Bertz CT molecular complexity index is 687. The summed E-state index contributed by atoms with van der Waals surface area (Å²) in [5, 5.41) is 2.48. The zero-order chi connectivity index (χ0) is 20.2. The number of β-lactam (4-membered cyclic amide) rings is 1. The molecule has 1 aliphatic rings. The van der Waals surface area contributed by atoms with Crippen LogP contribution in [-0.2, 0) is 14.3 Å². The standard InChI is InChI=1S/C14H16Cl3N3O4S3/c1-6(24-12(22)23-5-14(15,16)17)8-10(21)20-11(8)27-13(25)26-7(2)9-18-3-4-19-9/h3-4,6-8,11H,5H2,1-2H3,(H,18,19)(H,20,21)/t6?,7?,8-,11+/m0/s1. The SMILES string of the molecule is CC(SC(=S)S[C@H]1NC(=O)[C@@H]1C(C)OC(=O)OCC(Cl)(Cl)Cl)c1ncc[nH]1. The second-order valence-corrected chi connectivity index (χ2v) is 11.7. The number of ether oxygens (including phenoxy) is 2. The Kier molecular flexibility index (Phi) is 8.38. The fourth-order valence-electron chi connectivity index (χ4n) is 2.16. The van der Waals surface area contributed by atoms with E-state index in [0.29, 0.717) is 3.53 Å². The second kappa shape index (κ2) is 9.89. The number of nitrogens with zero attached hydrogens (tertiary/aromatic N) is 1. The van der Waals surface area contributed by atoms with Gasteiger partial charge < -0.3 is 19.8 Å². The number of H-pyrrole nitrogens is 1. The van der Waals surface area contributed by atoms with Gasteiger partial charge in [0.1, 0.15) is 28.0 Å². The summed E-state index contributed by atoms with van der Waals surface area (Å²) in [7, 11) is 0. The number of thiocarbonyl (C=S) groups is 1. The van der Waals surface area contributed by atoms with Crippen molar-refractivity contribution in [1.29, 1.82) is 0 Å². The minimum absolute atomic E-state index is 0.0415. The van der Waals surface area contributed by atoms with E-state index in [4.69, 9.17) is 56.5 Å². The monoisotopic (exact) mass is 491 g/mol. The minimum Gasteiger partial charge on any atom is -0.430 e. The molecule has 4 atom stereocenters. The molecular formula is C14H16Cl3N3O4S3. The molecule has 2 rings (SSSR count). The third-order valence-electron chi connectivity index (χ3n) is 3.46. The minimum atomic E-state index is -1.73. The number of aromatic nitrogens is 2. The number of hydrogen-bond donors (Lipinski definition) is 2. The third-order valence-corrected chi connectivity index (χ3v) is 6.56. The summed E-state index contributed by atoms with van der Waals surface area (Å²) in [6.07, 6.45) is 1.67. The Morgan fingerprint density at radius 2 is 2.15 bits per heavy atom. The molecule has 0 radical (unpaired) electrons. The predicted octanol–water partition coefficient (Wildman–Crippen LogP) is 4.21. The summed E-state index contributed by atoms with van der Waals surface area (Å²) >= 11 is 24.7. The van der Waals surface area contributed by atoms with E-state index < -0.39 is 28.6 Å². The number of hydrogen-bond acceptors (Lipinski definition) is 8. The number of imidazole rings is 1. The molecule has 13 heteroatoms. The Hall–Kier alpha value is -0.390. The zero-order valence-electron chi connectivity index (χ0n) is 14.1. The molecule has 27 heavy (non-hydrogen) atoms. The first kappa shape index (κ1) is 22.9. The van der Waals surface area contributed by atoms with Gasteiger partial charge in [-0.25, -0.2) is 9.78 Å². The first-order valence-electron chi connectivity index (χ1n) is 7.64. The van der Waals surface area contributed by atoms with Crippen LogP contribution in [0.1, 0.15) is 24.9 Å². The molecule has 0 spiro atoms. The Morgan fingerprint density at radius 1 is 1.44 bits per heavy atom. The van der Waals surface area contributed by atoms with E-state index >= 15 is 0 Å². The van der Waals surface area contributed by atoms with Gasteiger partial charge in [-0.2, -0.15) is 0 Å². The summed E-state index contributed by atoms with van der Waals surface area (Å²) < 4.78 is 8.71. The lowest BCUT2D eigenvalue weighted by Gasteiger charge is -2.38. The lowest BCUT2D eigenvalue weighted by molar-refractivity contribution is -0.137. The summed E-state index contributed by atoms with van der Waals surface area (Å²) in [5.41, 5.74) is 0. The molecule has 150 valence electrons. The number of nitrogens with one attached hydrogen (secondary N) is 2. The highest BCUT2D eigenvalue weighted by atomic mass is 35.6. The number of carbonyl (C=O) groups is 2. The molecule has 2 unspecified atom stereocenters. The molecule has 1 fully saturated rings. The van der Waals surface area contributed by atoms with Crippen molar-refractivity contribution in [1.82, 2.24) is 15.3 Å². The maximum atomic E-state index is 11.9. The molecule has 1 aromatic heterocycles. The van der Waals surface area contributed by atoms with Crippen LogP contribution in [0.5, 0.6) is 0 Å². The Morgan fingerprint density at radius 3 is 2.70 bits per heavy atom. The second-order valence-electron chi connectivity index (χ2n) is 5.53. The molecule has 1 aromatic rings. The molecule has 0 aliphatic carbocycles. The average Bonchev–Trinajstić information content (AvgIpc) is 3.05. The molecular weight excluding hydrogens is 477 g/mol. The number of aromatic amines is 1. The van der Waals surface area contributed by atoms with Crippen LogP contribution in [-0.4, -0.2) is 47.4 Å². The molecule has 7 nitrogen and oxygen atoms in total. The number of thioether (sulfide) groups is 2. The van der Waals surface area contributed by atoms with Crippen LogP contribution in [0.3, 0.4) is 0 Å². The smallest absolute Gasteiger partial charge is 0.430 e. The van der Waals surface area contributed by atoms with Crippen molar-refractivity contribution in [2.45, 2.75) is 34.4 Å². The summed E-state index contributed by atoms with van der Waals surface area (Å²) in [5.74, 6) is 0.0133. The normalized spacial score (nSPS) is 21.6. The highest BCUT2D eigenvalue weighted by molar-refractivity contribution is 8.47. The van der Waals surface area contributed by atoms with Crippen LogP contribution in [0.4, 0.5) is 4.79 Å². The van der Waals surface area contributed by atoms with Gasteiger partial charge in [0.05, 0.1) is 10.6 Å². The van der Waals surface area contributed by atoms with Crippen molar-refractivity contribution in [3.63, 3.8) is 0 Å². The van der Waals surface area contributed by atoms with Crippen molar-refractivity contribution >= 4 is 86.1 Å². The van der Waals surface area contributed by atoms with Crippen molar-refractivity contribution < 1.29 is 19.1 Å². The maximum Gasteiger partial charge on any atom is 0.508 e. The number of amides is 1. The van der Waals surface area contributed by atoms with Gasteiger partial charge in [0.2, 0.25) is 9.70 Å². The van der Waals surface area contributed by atoms with Crippen LogP contribution >= 0.6 is 70.5 Å². The number of rotatable bonds is 6. The summed E-state index contributed by atoms with van der Waals surface area (Å²) in [6, 6.07) is 0. The molecule has 0 bridgehead atoms. The summed E-state index contributed by atoms with van der Waals surface area (Å²) in [6.45, 7) is 3.11. The molecule has 0 aromatic carbocycles. The zero-order valence-corrected chi connectivity index (χ0v) is 18.8. The number of carbonyl (C=O) groups excluding carboxylic acids is 2. The first-order valence-corrected chi connectivity index (χ1v) is 10.9. The van der Waals surface area contributed by atoms with Crippen molar-refractivity contribution in [3.8, 4) is 0 Å². The van der Waals surface area contributed by atoms with Gasteiger partial charge in [0, 0.05) is 12.4 Å². The van der Waals surface area contributed by atoms with Crippen LogP contribution in [0, 0.1) is 5.92 Å². The van der Waals surface area contributed by atoms with Crippen LogP contribution < -0.4 is 5.32 Å². The van der Waals surface area contributed by atoms with Crippen LogP contribution in [0.25, 0.3) is 0 Å². The summed E-state index contributed by atoms with van der Waals surface area (Å²) in [4.78, 5) is 30.8. The van der Waals surface area contributed by atoms with Gasteiger partial charge in [-0.15, -0.1) is 0 Å². The Balaban J connectivity index is 1.81. The maximum absolute atomic E-state index is 11.9. The van der Waals surface area contributed by atoms with Crippen LogP contribution in [0.15, 0.2) is 12.4 Å². The van der Waals surface area contributed by atoms with E-state index in [9.17, 15) is 9.59 Å². The van der Waals surface area contributed by atoms with E-state index in [1.165, 1.54) is 23.5 Å². The van der Waals surface area contributed by atoms with Gasteiger partial charge in [-0.1, -0.05) is 70.5 Å². The van der Waals surface area contributed by atoms with Crippen molar-refractivity contribution in [3.05, 3.63) is 18.2 Å². The third kappa shape index (κ3) is 7.17. The fraction of sp³-hybridized carbons (Fsp3) is 0.571. The average molecular weight is 493 g/mol. The van der Waals surface area contributed by atoms with E-state index in [-0.39, 0.29) is 16.5 Å². The molecule has 1 amide bonds. The fourth-order valence-corrected chi connectivity index (χ4v) is 5.44. The lowest BCUT2D eigenvalue weighted by Crippen LogP contribution is -2.61. The number of alkyl halides is 3. The van der Waals surface area contributed by atoms with Crippen LogP contribution in [0.2, 0.25) is 0 Å². The topological polar surface area (TPSA) is 93.3 Å². The molecule has 1 aliphatic heterocycles. The molecule has 0 saturated carbocycles. The van der Waals surface area contributed by atoms with E-state index in [0.717, 1.165) is 5.82 Å². The van der Waals surface area contributed by atoms with Gasteiger partial charge in [0.25, 0.3) is 0 Å². The largest absolute Gasteiger partial charge is 0.508 e. The quantitative estimate of drug-likeness (QED) is 0.264. The Labute approximate surface area is 184 Å². The van der Waals surface area contributed by atoms with Crippen molar-refractivity contribution in [2.75, 3.05) is 6.61 Å². The van der Waals surface area contributed by atoms with Gasteiger partial charge >= 0.3 is 6.16 Å². The number of halogens is 3. The van der Waals surface area contributed by atoms with Gasteiger partial charge in [-0.05, 0) is 13.8 Å². The lowest BCUT2D eigenvalue weighted by atomic mass is 9.96. The van der Waals surface area contributed by atoms with Gasteiger partial charge in [0.15, 0.2) is 0 Å². The molecule has 2 heterocycles. The molecule has 1 saturated heterocycles. The van der Waals surface area contributed by atoms with Gasteiger partial charge in [-0.3, -0.25) is 4.79 Å². The van der Waals surface area contributed by atoms with E-state index in [1.807, 2.05) is 6.92 Å². The first-order chi connectivity index (χ1) is 12.6. The highest BCUT2D eigenvalue weighted by Crippen LogP contribution is 2.38. The predicted molar refractivity (Wildman–Crippen MR) is 112 cm³/mol.